The quantitative estimate of drug-likeness (QED) is 0.744. The highest BCUT2D eigenvalue weighted by Gasteiger charge is 2.01. The summed E-state index contributed by atoms with van der Waals surface area (Å²) >= 11 is 3.45. The van der Waals surface area contributed by atoms with Crippen LogP contribution < -0.4 is 4.74 Å². The molecule has 0 amide bonds. The fraction of sp³-hybridized carbons (Fsp3) is 0.500. The van der Waals surface area contributed by atoms with Gasteiger partial charge in [-0.25, -0.2) is 4.98 Å². The Balaban J connectivity index is 2.72. The zero-order valence-electron chi connectivity index (χ0n) is 7.12. The molecule has 0 fully saturated rings. The van der Waals surface area contributed by atoms with Crippen molar-refractivity contribution in [3.05, 3.63) is 18.1 Å². The summed E-state index contributed by atoms with van der Waals surface area (Å²) in [5.41, 5.74) is 0.943. The van der Waals surface area contributed by atoms with Crippen LogP contribution in [0.1, 0.15) is 12.6 Å². The predicted molar refractivity (Wildman–Crippen MR) is 50.7 cm³/mol. The summed E-state index contributed by atoms with van der Waals surface area (Å²) in [4.78, 5) is 8.63. The second-order valence-electron chi connectivity index (χ2n) is 2.54. The fourth-order valence-electron chi connectivity index (χ4n) is 0.871. The Morgan fingerprint density at radius 3 is 2.92 bits per heavy atom. The molecule has 1 atom stereocenters. The van der Waals surface area contributed by atoms with Crippen LogP contribution in [0.2, 0.25) is 0 Å². The monoisotopic (exact) mass is 230 g/mol. The van der Waals surface area contributed by atoms with Gasteiger partial charge in [0.25, 0.3) is 0 Å². The Morgan fingerprint density at radius 2 is 2.33 bits per heavy atom. The molecule has 0 bridgehead atoms. The molecule has 4 heteroatoms. The first-order valence-electron chi connectivity index (χ1n) is 3.71. The van der Waals surface area contributed by atoms with Crippen LogP contribution in [0.25, 0.3) is 0 Å². The third kappa shape index (κ3) is 2.77. The molecule has 1 aromatic rings. The molecule has 0 radical (unpaired) electrons. The first-order valence-corrected chi connectivity index (χ1v) is 4.63. The topological polar surface area (TPSA) is 35.0 Å². The van der Waals surface area contributed by atoms with Gasteiger partial charge in [-0.1, -0.05) is 22.9 Å². The maximum atomic E-state index is 4.95. The van der Waals surface area contributed by atoms with Crippen molar-refractivity contribution < 1.29 is 4.74 Å². The Labute approximate surface area is 80.3 Å². The lowest BCUT2D eigenvalue weighted by atomic mass is 10.3. The van der Waals surface area contributed by atoms with Gasteiger partial charge in [-0.05, 0) is 0 Å². The molecular formula is C8H11BrN2O. The molecule has 1 rings (SSSR count). The van der Waals surface area contributed by atoms with E-state index in [0.29, 0.717) is 10.7 Å². The maximum absolute atomic E-state index is 4.95. The average Bonchev–Trinajstić information content (AvgIpc) is 2.03. The number of methoxy groups -OCH3 is 1. The van der Waals surface area contributed by atoms with Gasteiger partial charge in [0.15, 0.2) is 0 Å². The molecule has 0 spiro atoms. The van der Waals surface area contributed by atoms with Gasteiger partial charge in [-0.15, -0.1) is 0 Å². The molecule has 0 aromatic carbocycles. The molecule has 1 heterocycles. The van der Waals surface area contributed by atoms with Crippen LogP contribution >= 0.6 is 15.9 Å². The third-order valence-electron chi connectivity index (χ3n) is 1.36. The van der Waals surface area contributed by atoms with E-state index in [-0.39, 0.29) is 0 Å². The van der Waals surface area contributed by atoms with E-state index >= 15 is 0 Å². The second-order valence-corrected chi connectivity index (χ2v) is 4.10. The molecular weight excluding hydrogens is 220 g/mol. The van der Waals surface area contributed by atoms with Crippen LogP contribution in [-0.2, 0) is 6.42 Å². The smallest absolute Gasteiger partial charge is 0.232 e. The SMILES string of the molecule is COc1cncc(CC(C)Br)n1. The molecule has 0 aliphatic carbocycles. The van der Waals surface area contributed by atoms with E-state index < -0.39 is 0 Å². The van der Waals surface area contributed by atoms with E-state index in [9.17, 15) is 0 Å². The molecule has 0 N–H and O–H groups in total. The van der Waals surface area contributed by atoms with Gasteiger partial charge in [0, 0.05) is 17.4 Å². The fourth-order valence-corrected chi connectivity index (χ4v) is 1.20. The van der Waals surface area contributed by atoms with Crippen LogP contribution in [0.4, 0.5) is 0 Å². The molecule has 0 saturated carbocycles. The van der Waals surface area contributed by atoms with Crippen molar-refractivity contribution in [1.82, 2.24) is 9.97 Å². The van der Waals surface area contributed by atoms with E-state index in [4.69, 9.17) is 4.74 Å². The normalized spacial score (nSPS) is 12.6. The predicted octanol–water partition coefficient (Wildman–Crippen LogP) is 1.81. The number of ether oxygens (including phenoxy) is 1. The highest BCUT2D eigenvalue weighted by molar-refractivity contribution is 9.09. The summed E-state index contributed by atoms with van der Waals surface area (Å²) in [7, 11) is 1.59. The number of hydrogen-bond donors (Lipinski definition) is 0. The van der Waals surface area contributed by atoms with Crippen LogP contribution in [0, 0.1) is 0 Å². The van der Waals surface area contributed by atoms with Gasteiger partial charge in [-0.3, -0.25) is 4.98 Å². The maximum Gasteiger partial charge on any atom is 0.232 e. The number of rotatable bonds is 3. The largest absolute Gasteiger partial charge is 0.480 e. The average molecular weight is 231 g/mol. The van der Waals surface area contributed by atoms with Crippen molar-refractivity contribution >= 4 is 15.9 Å². The molecule has 3 nitrogen and oxygen atoms in total. The van der Waals surface area contributed by atoms with Gasteiger partial charge in [0.1, 0.15) is 0 Å². The molecule has 12 heavy (non-hydrogen) atoms. The number of nitrogens with zero attached hydrogens (tertiary/aromatic N) is 2. The summed E-state index contributed by atoms with van der Waals surface area (Å²) < 4.78 is 4.95. The highest BCUT2D eigenvalue weighted by atomic mass is 79.9. The van der Waals surface area contributed by atoms with E-state index in [0.717, 1.165) is 12.1 Å². The first-order chi connectivity index (χ1) is 5.72. The minimum Gasteiger partial charge on any atom is -0.480 e. The minimum atomic E-state index is 0.416. The van der Waals surface area contributed by atoms with Crippen LogP contribution in [0.5, 0.6) is 5.88 Å². The van der Waals surface area contributed by atoms with Gasteiger partial charge >= 0.3 is 0 Å². The summed E-state index contributed by atoms with van der Waals surface area (Å²) in [5.74, 6) is 0.570. The highest BCUT2D eigenvalue weighted by Crippen LogP contribution is 2.09. The van der Waals surface area contributed by atoms with Crippen molar-refractivity contribution in [2.24, 2.45) is 0 Å². The molecule has 66 valence electrons. The van der Waals surface area contributed by atoms with Crippen molar-refractivity contribution in [2.75, 3.05) is 7.11 Å². The standard InChI is InChI=1S/C8H11BrN2O/c1-6(9)3-7-4-10-5-8(11-7)12-2/h4-6H,3H2,1-2H3. The summed E-state index contributed by atoms with van der Waals surface area (Å²) in [5, 5.41) is 0. The van der Waals surface area contributed by atoms with Crippen molar-refractivity contribution in [1.29, 1.82) is 0 Å². The van der Waals surface area contributed by atoms with Crippen LogP contribution in [0.3, 0.4) is 0 Å². The Kier molecular flexibility index (Phi) is 3.47. The summed E-state index contributed by atoms with van der Waals surface area (Å²) in [6, 6.07) is 0. The van der Waals surface area contributed by atoms with Gasteiger partial charge in [-0.2, -0.15) is 0 Å². The number of alkyl halides is 1. The minimum absolute atomic E-state index is 0.416. The van der Waals surface area contributed by atoms with Crippen molar-refractivity contribution in [3.63, 3.8) is 0 Å². The zero-order chi connectivity index (χ0) is 8.97. The van der Waals surface area contributed by atoms with Gasteiger partial charge < -0.3 is 4.74 Å². The lowest BCUT2D eigenvalue weighted by molar-refractivity contribution is 0.394. The van der Waals surface area contributed by atoms with E-state index in [1.54, 1.807) is 19.5 Å². The summed E-state index contributed by atoms with van der Waals surface area (Å²) in [6.45, 7) is 2.07. The summed E-state index contributed by atoms with van der Waals surface area (Å²) in [6.07, 6.45) is 4.22. The lowest BCUT2D eigenvalue weighted by Gasteiger charge is -2.03. The zero-order valence-corrected chi connectivity index (χ0v) is 8.71. The number of halogens is 1. The number of hydrogen-bond acceptors (Lipinski definition) is 3. The van der Waals surface area contributed by atoms with E-state index in [1.165, 1.54) is 0 Å². The molecule has 0 saturated heterocycles. The Morgan fingerprint density at radius 1 is 1.58 bits per heavy atom. The van der Waals surface area contributed by atoms with Crippen LogP contribution in [-0.4, -0.2) is 21.9 Å². The number of aromatic nitrogens is 2. The molecule has 1 aromatic heterocycles. The van der Waals surface area contributed by atoms with E-state index in [2.05, 4.69) is 32.8 Å². The first kappa shape index (κ1) is 9.45. The third-order valence-corrected chi connectivity index (χ3v) is 1.69. The van der Waals surface area contributed by atoms with E-state index in [1.807, 2.05) is 0 Å². The molecule has 1 unspecified atom stereocenters. The Bertz CT molecular complexity index is 253. The second kappa shape index (κ2) is 4.40. The van der Waals surface area contributed by atoms with Gasteiger partial charge in [0.2, 0.25) is 5.88 Å². The lowest BCUT2D eigenvalue weighted by Crippen LogP contribution is -2.01. The van der Waals surface area contributed by atoms with Crippen LogP contribution in [0.15, 0.2) is 12.4 Å². The van der Waals surface area contributed by atoms with Crippen molar-refractivity contribution in [3.8, 4) is 5.88 Å². The van der Waals surface area contributed by atoms with Crippen molar-refractivity contribution in [2.45, 2.75) is 18.2 Å². The molecule has 0 aliphatic rings. The Hall–Kier alpha value is -0.640. The van der Waals surface area contributed by atoms with Gasteiger partial charge in [0.05, 0.1) is 19.0 Å². The molecule has 0 aliphatic heterocycles.